The van der Waals surface area contributed by atoms with Crippen molar-refractivity contribution in [2.24, 2.45) is 0 Å². The highest BCUT2D eigenvalue weighted by Crippen LogP contribution is 2.27. The van der Waals surface area contributed by atoms with Crippen LogP contribution in [0.3, 0.4) is 0 Å². The first-order chi connectivity index (χ1) is 13.4. The highest BCUT2D eigenvalue weighted by molar-refractivity contribution is 6.36. The molecule has 0 fully saturated rings. The van der Waals surface area contributed by atoms with Gasteiger partial charge in [0.05, 0.1) is 5.02 Å². The zero-order valence-electron chi connectivity index (χ0n) is 15.5. The number of amides is 2. The predicted molar refractivity (Wildman–Crippen MR) is 112 cm³/mol. The van der Waals surface area contributed by atoms with Crippen LogP contribution in [0.15, 0.2) is 42.5 Å². The summed E-state index contributed by atoms with van der Waals surface area (Å²) in [5, 5.41) is 3.83. The molecule has 8 heteroatoms. The van der Waals surface area contributed by atoms with Crippen LogP contribution in [0.5, 0.6) is 5.75 Å². The average molecular weight is 444 g/mol. The molecule has 2 aromatic rings. The first-order valence-electron chi connectivity index (χ1n) is 8.70. The third-order valence-electron chi connectivity index (χ3n) is 4.21. The van der Waals surface area contributed by atoms with Crippen molar-refractivity contribution in [3.05, 3.63) is 63.1 Å². The lowest BCUT2D eigenvalue weighted by atomic mass is 10.1. The Morgan fingerprint density at radius 1 is 1.04 bits per heavy atom. The number of ether oxygens (including phenoxy) is 1. The molecule has 0 aliphatic heterocycles. The Morgan fingerprint density at radius 2 is 1.64 bits per heavy atom. The quantitative estimate of drug-likeness (QED) is 0.650. The van der Waals surface area contributed by atoms with Gasteiger partial charge in [-0.2, -0.15) is 0 Å². The molecule has 0 bridgehead atoms. The van der Waals surface area contributed by atoms with Crippen molar-refractivity contribution < 1.29 is 14.3 Å². The zero-order chi connectivity index (χ0) is 20.7. The van der Waals surface area contributed by atoms with Crippen molar-refractivity contribution in [3.63, 3.8) is 0 Å². The fraction of sp³-hybridized carbons (Fsp3) is 0.300. The summed E-state index contributed by atoms with van der Waals surface area (Å²) >= 11 is 18.6. The van der Waals surface area contributed by atoms with Gasteiger partial charge in [0.15, 0.2) is 6.61 Å². The van der Waals surface area contributed by atoms with Gasteiger partial charge >= 0.3 is 0 Å². The Labute approximate surface area is 179 Å². The Kier molecular flexibility index (Phi) is 8.42. The van der Waals surface area contributed by atoms with Crippen molar-refractivity contribution in [1.82, 2.24) is 10.2 Å². The van der Waals surface area contributed by atoms with Crippen LogP contribution in [0.4, 0.5) is 0 Å². The summed E-state index contributed by atoms with van der Waals surface area (Å²) in [6.07, 6.45) is 0.416. The molecule has 0 aliphatic rings. The smallest absolute Gasteiger partial charge is 0.261 e. The van der Waals surface area contributed by atoms with E-state index in [0.29, 0.717) is 32.8 Å². The molecule has 1 atom stereocenters. The number of nitrogens with one attached hydrogen (secondary N) is 1. The van der Waals surface area contributed by atoms with E-state index in [1.165, 1.54) is 11.9 Å². The predicted octanol–water partition coefficient (Wildman–Crippen LogP) is 4.58. The molecular weight excluding hydrogens is 423 g/mol. The van der Waals surface area contributed by atoms with E-state index in [4.69, 9.17) is 39.5 Å². The molecule has 0 unspecified atom stereocenters. The molecule has 2 amide bonds. The molecular formula is C20H21Cl3N2O3. The van der Waals surface area contributed by atoms with Gasteiger partial charge in [-0.3, -0.25) is 9.59 Å². The lowest BCUT2D eigenvalue weighted by Gasteiger charge is -2.30. The Bertz CT molecular complexity index is 825. The second-order valence-electron chi connectivity index (χ2n) is 5.98. The molecule has 1 N–H and O–H groups in total. The lowest BCUT2D eigenvalue weighted by Crippen LogP contribution is -2.49. The van der Waals surface area contributed by atoms with Gasteiger partial charge in [0.1, 0.15) is 11.8 Å². The first-order valence-corrected chi connectivity index (χ1v) is 9.83. The number of carbonyl (C=O) groups is 2. The third-order valence-corrected chi connectivity index (χ3v) is 5.23. The molecule has 0 aliphatic carbocycles. The SMILES string of the molecule is CC[C@@H](C(=O)NC)N(Cc1c(Cl)cccc1Cl)C(=O)COc1ccccc1Cl. The average Bonchev–Trinajstić information content (AvgIpc) is 2.68. The summed E-state index contributed by atoms with van der Waals surface area (Å²) in [7, 11) is 1.52. The molecule has 0 heterocycles. The van der Waals surface area contributed by atoms with Gasteiger partial charge in [0, 0.05) is 29.2 Å². The van der Waals surface area contributed by atoms with E-state index in [9.17, 15) is 9.59 Å². The number of nitrogens with zero attached hydrogens (tertiary/aromatic N) is 1. The number of para-hydroxylation sites is 1. The Balaban J connectivity index is 2.27. The van der Waals surface area contributed by atoms with E-state index < -0.39 is 6.04 Å². The Hall–Kier alpha value is -1.95. The summed E-state index contributed by atoms with van der Waals surface area (Å²) in [6, 6.07) is 11.3. The van der Waals surface area contributed by atoms with Gasteiger partial charge in [-0.05, 0) is 30.7 Å². The molecule has 0 radical (unpaired) electrons. The summed E-state index contributed by atoms with van der Waals surface area (Å²) < 4.78 is 5.56. The topological polar surface area (TPSA) is 58.6 Å². The van der Waals surface area contributed by atoms with Gasteiger partial charge in [-0.15, -0.1) is 0 Å². The maximum atomic E-state index is 13.0. The number of benzene rings is 2. The molecule has 5 nitrogen and oxygen atoms in total. The fourth-order valence-electron chi connectivity index (χ4n) is 2.72. The minimum absolute atomic E-state index is 0.0785. The molecule has 2 rings (SSSR count). The lowest BCUT2D eigenvalue weighted by molar-refractivity contribution is -0.142. The van der Waals surface area contributed by atoms with E-state index in [1.807, 2.05) is 6.92 Å². The summed E-state index contributed by atoms with van der Waals surface area (Å²) in [4.78, 5) is 26.7. The molecule has 2 aromatic carbocycles. The van der Waals surface area contributed by atoms with Gasteiger partial charge in [-0.1, -0.05) is 59.9 Å². The number of likely N-dealkylation sites (N-methyl/N-ethyl adjacent to an activating group) is 1. The van der Waals surface area contributed by atoms with Crippen LogP contribution in [0.1, 0.15) is 18.9 Å². The summed E-state index contributed by atoms with van der Waals surface area (Å²) in [5.74, 6) is -0.274. The van der Waals surface area contributed by atoms with E-state index >= 15 is 0 Å². The normalized spacial score (nSPS) is 11.6. The van der Waals surface area contributed by atoms with Crippen LogP contribution in [-0.4, -0.2) is 36.4 Å². The second kappa shape index (κ2) is 10.6. The van der Waals surface area contributed by atoms with E-state index in [2.05, 4.69) is 5.32 Å². The molecule has 0 aromatic heterocycles. The number of hydrogen-bond acceptors (Lipinski definition) is 3. The van der Waals surface area contributed by atoms with Crippen LogP contribution >= 0.6 is 34.8 Å². The van der Waals surface area contributed by atoms with E-state index in [1.54, 1.807) is 42.5 Å². The molecule has 0 saturated heterocycles. The number of hydrogen-bond donors (Lipinski definition) is 1. The van der Waals surface area contributed by atoms with Crippen molar-refractivity contribution in [2.75, 3.05) is 13.7 Å². The third kappa shape index (κ3) is 5.53. The zero-order valence-corrected chi connectivity index (χ0v) is 17.8. The van der Waals surface area contributed by atoms with Crippen LogP contribution in [0.25, 0.3) is 0 Å². The summed E-state index contributed by atoms with van der Waals surface area (Å²) in [6.45, 7) is 1.62. The van der Waals surface area contributed by atoms with Crippen molar-refractivity contribution in [1.29, 1.82) is 0 Å². The van der Waals surface area contributed by atoms with Gasteiger partial charge in [0.2, 0.25) is 5.91 Å². The van der Waals surface area contributed by atoms with Crippen LogP contribution < -0.4 is 10.1 Å². The number of carbonyl (C=O) groups excluding carboxylic acids is 2. The maximum absolute atomic E-state index is 13.0. The largest absolute Gasteiger partial charge is 0.482 e. The van der Waals surface area contributed by atoms with Crippen LogP contribution in [0, 0.1) is 0 Å². The minimum Gasteiger partial charge on any atom is -0.482 e. The standard InChI is InChI=1S/C20H21Cl3N2O3/c1-3-17(20(27)24-2)25(11-13-14(21)8-6-9-15(13)22)19(26)12-28-18-10-5-4-7-16(18)23/h4-10,17H,3,11-12H2,1-2H3,(H,24,27)/t17-/m0/s1. The highest BCUT2D eigenvalue weighted by atomic mass is 35.5. The molecule has 0 spiro atoms. The Morgan fingerprint density at radius 3 is 2.21 bits per heavy atom. The molecule has 150 valence electrons. The first kappa shape index (κ1) is 22.3. The fourth-order valence-corrected chi connectivity index (χ4v) is 3.43. The van der Waals surface area contributed by atoms with Gasteiger partial charge in [0.25, 0.3) is 5.91 Å². The maximum Gasteiger partial charge on any atom is 0.261 e. The van der Waals surface area contributed by atoms with Crippen molar-refractivity contribution >= 4 is 46.6 Å². The van der Waals surface area contributed by atoms with Crippen molar-refractivity contribution in [3.8, 4) is 5.75 Å². The highest BCUT2D eigenvalue weighted by Gasteiger charge is 2.29. The molecule has 28 heavy (non-hydrogen) atoms. The van der Waals surface area contributed by atoms with E-state index in [0.717, 1.165) is 0 Å². The number of halogens is 3. The van der Waals surface area contributed by atoms with Crippen LogP contribution in [0.2, 0.25) is 15.1 Å². The minimum atomic E-state index is -0.695. The van der Waals surface area contributed by atoms with Gasteiger partial charge in [-0.25, -0.2) is 0 Å². The monoisotopic (exact) mass is 442 g/mol. The van der Waals surface area contributed by atoms with E-state index in [-0.39, 0.29) is 25.0 Å². The second-order valence-corrected chi connectivity index (χ2v) is 7.20. The van der Waals surface area contributed by atoms with Crippen LogP contribution in [-0.2, 0) is 16.1 Å². The van der Waals surface area contributed by atoms with Gasteiger partial charge < -0.3 is 15.0 Å². The van der Waals surface area contributed by atoms with Crippen molar-refractivity contribution in [2.45, 2.75) is 25.9 Å². The molecule has 0 saturated carbocycles. The summed E-state index contributed by atoms with van der Waals surface area (Å²) in [5.41, 5.74) is 0.569. The number of rotatable bonds is 8.